The van der Waals surface area contributed by atoms with Crippen molar-refractivity contribution >= 4 is 17.5 Å². The molecule has 0 heterocycles. The number of hydrogen-bond donors (Lipinski definition) is 3. The van der Waals surface area contributed by atoms with Gasteiger partial charge in [0.15, 0.2) is 0 Å². The molecule has 1 aromatic carbocycles. The zero-order chi connectivity index (χ0) is 14.4. The molecule has 5 nitrogen and oxygen atoms in total. The summed E-state index contributed by atoms with van der Waals surface area (Å²) in [7, 11) is 0. The Morgan fingerprint density at radius 1 is 1.05 bits per heavy atom. The Bertz CT molecular complexity index is 467. The van der Waals surface area contributed by atoms with Gasteiger partial charge in [0.05, 0.1) is 5.60 Å². The maximum atomic E-state index is 11.7. The molecule has 0 spiro atoms. The van der Waals surface area contributed by atoms with Crippen LogP contribution in [0, 0.1) is 0 Å². The molecule has 0 aliphatic heterocycles. The van der Waals surface area contributed by atoms with Gasteiger partial charge < -0.3 is 15.7 Å². The van der Waals surface area contributed by atoms with Crippen LogP contribution in [0.3, 0.4) is 0 Å². The number of para-hydroxylation sites is 1. The van der Waals surface area contributed by atoms with Gasteiger partial charge in [0, 0.05) is 12.2 Å². The molecule has 0 unspecified atom stereocenters. The average Bonchev–Trinajstić information content (AvgIpc) is 2.46. The van der Waals surface area contributed by atoms with E-state index in [1.165, 1.54) is 0 Å². The lowest BCUT2D eigenvalue weighted by molar-refractivity contribution is -0.137. The minimum absolute atomic E-state index is 0.133. The van der Waals surface area contributed by atoms with Crippen LogP contribution in [-0.2, 0) is 9.59 Å². The summed E-state index contributed by atoms with van der Waals surface area (Å²) >= 11 is 0. The zero-order valence-corrected chi connectivity index (χ0v) is 11.4. The number of anilines is 1. The molecule has 2 amide bonds. The predicted molar refractivity (Wildman–Crippen MR) is 76.1 cm³/mol. The summed E-state index contributed by atoms with van der Waals surface area (Å²) in [5, 5.41) is 15.3. The number of hydrogen-bond acceptors (Lipinski definition) is 3. The monoisotopic (exact) mass is 276 g/mol. The number of carbonyl (C=O) groups is 2. The van der Waals surface area contributed by atoms with Crippen LogP contribution in [0.2, 0.25) is 0 Å². The maximum Gasteiger partial charge on any atom is 0.313 e. The number of carbonyl (C=O) groups excluding carboxylic acids is 2. The summed E-state index contributed by atoms with van der Waals surface area (Å²) in [6.45, 7) is 0.133. The largest absolute Gasteiger partial charge is 0.388 e. The summed E-state index contributed by atoms with van der Waals surface area (Å²) in [5.74, 6) is -1.43. The third-order valence-corrected chi connectivity index (χ3v) is 3.60. The Morgan fingerprint density at radius 2 is 1.70 bits per heavy atom. The molecule has 1 aliphatic rings. The second-order valence-electron chi connectivity index (χ2n) is 5.29. The Hall–Kier alpha value is -1.88. The highest BCUT2D eigenvalue weighted by Crippen LogP contribution is 2.27. The number of amides is 2. The predicted octanol–water partition coefficient (Wildman–Crippen LogP) is 1.44. The molecular formula is C15H20N2O3. The first-order valence-electron chi connectivity index (χ1n) is 6.96. The molecule has 0 aromatic heterocycles. The van der Waals surface area contributed by atoms with Crippen molar-refractivity contribution in [3.63, 3.8) is 0 Å². The maximum absolute atomic E-state index is 11.7. The van der Waals surface area contributed by atoms with Gasteiger partial charge in [-0.2, -0.15) is 0 Å². The third kappa shape index (κ3) is 4.06. The van der Waals surface area contributed by atoms with Crippen LogP contribution in [0.5, 0.6) is 0 Å². The fourth-order valence-electron chi connectivity index (χ4n) is 2.42. The molecule has 0 atom stereocenters. The summed E-state index contributed by atoms with van der Waals surface area (Å²) in [6, 6.07) is 8.80. The van der Waals surface area contributed by atoms with Gasteiger partial charge in [0.1, 0.15) is 0 Å². The van der Waals surface area contributed by atoms with E-state index >= 15 is 0 Å². The number of rotatable bonds is 3. The number of aliphatic hydroxyl groups is 1. The van der Waals surface area contributed by atoms with E-state index in [1.807, 2.05) is 6.07 Å². The molecular weight excluding hydrogens is 256 g/mol. The van der Waals surface area contributed by atoms with Crippen LogP contribution in [0.25, 0.3) is 0 Å². The summed E-state index contributed by atoms with van der Waals surface area (Å²) in [6.07, 6.45) is 4.39. The Balaban J connectivity index is 1.81. The van der Waals surface area contributed by atoms with E-state index in [2.05, 4.69) is 10.6 Å². The van der Waals surface area contributed by atoms with E-state index in [0.717, 1.165) is 19.3 Å². The SMILES string of the molecule is O=C(NCC1(O)CCCCC1)C(=O)Nc1ccccc1. The molecule has 2 rings (SSSR count). The van der Waals surface area contributed by atoms with Crippen LogP contribution in [0.4, 0.5) is 5.69 Å². The fourth-order valence-corrected chi connectivity index (χ4v) is 2.42. The highest BCUT2D eigenvalue weighted by molar-refractivity contribution is 6.39. The first-order valence-corrected chi connectivity index (χ1v) is 6.96. The summed E-state index contributed by atoms with van der Waals surface area (Å²) in [5.41, 5.74) is -0.287. The van der Waals surface area contributed by atoms with E-state index in [-0.39, 0.29) is 6.54 Å². The van der Waals surface area contributed by atoms with Crippen LogP contribution in [0.15, 0.2) is 30.3 Å². The smallest absolute Gasteiger partial charge is 0.313 e. The molecule has 1 aromatic rings. The van der Waals surface area contributed by atoms with Crippen LogP contribution in [0.1, 0.15) is 32.1 Å². The highest BCUT2D eigenvalue weighted by atomic mass is 16.3. The van der Waals surface area contributed by atoms with Crippen LogP contribution >= 0.6 is 0 Å². The number of nitrogens with one attached hydrogen (secondary N) is 2. The first kappa shape index (κ1) is 14.5. The molecule has 1 aliphatic carbocycles. The van der Waals surface area contributed by atoms with E-state index in [4.69, 9.17) is 0 Å². The lowest BCUT2D eigenvalue weighted by atomic mass is 9.85. The molecule has 5 heteroatoms. The van der Waals surface area contributed by atoms with Crippen molar-refractivity contribution in [1.29, 1.82) is 0 Å². The molecule has 0 bridgehead atoms. The summed E-state index contributed by atoms with van der Waals surface area (Å²) in [4.78, 5) is 23.4. The topological polar surface area (TPSA) is 78.4 Å². The van der Waals surface area contributed by atoms with Crippen molar-refractivity contribution in [3.05, 3.63) is 30.3 Å². The van der Waals surface area contributed by atoms with Gasteiger partial charge in [-0.3, -0.25) is 9.59 Å². The molecule has 108 valence electrons. The second kappa shape index (κ2) is 6.52. The lowest BCUT2D eigenvalue weighted by Gasteiger charge is -2.31. The minimum atomic E-state index is -0.860. The molecule has 1 fully saturated rings. The van der Waals surface area contributed by atoms with Gasteiger partial charge in [0.2, 0.25) is 0 Å². The minimum Gasteiger partial charge on any atom is -0.388 e. The van der Waals surface area contributed by atoms with Gasteiger partial charge in [-0.05, 0) is 25.0 Å². The zero-order valence-electron chi connectivity index (χ0n) is 11.4. The van der Waals surface area contributed by atoms with E-state index in [1.54, 1.807) is 24.3 Å². The van der Waals surface area contributed by atoms with Crippen molar-refractivity contribution in [2.45, 2.75) is 37.7 Å². The lowest BCUT2D eigenvalue weighted by Crippen LogP contribution is -2.47. The van der Waals surface area contributed by atoms with Gasteiger partial charge >= 0.3 is 11.8 Å². The Kier molecular flexibility index (Phi) is 4.74. The van der Waals surface area contributed by atoms with Crippen molar-refractivity contribution in [2.75, 3.05) is 11.9 Å². The van der Waals surface area contributed by atoms with Crippen LogP contribution < -0.4 is 10.6 Å². The second-order valence-corrected chi connectivity index (χ2v) is 5.29. The van der Waals surface area contributed by atoms with Crippen molar-refractivity contribution in [1.82, 2.24) is 5.32 Å². The number of benzene rings is 1. The van der Waals surface area contributed by atoms with E-state index in [9.17, 15) is 14.7 Å². The standard InChI is InChI=1S/C15H20N2O3/c18-13(14(19)17-12-7-3-1-4-8-12)16-11-15(20)9-5-2-6-10-15/h1,3-4,7-8,20H,2,5-6,9-11H2,(H,16,18)(H,17,19). The normalized spacial score (nSPS) is 17.2. The van der Waals surface area contributed by atoms with E-state index < -0.39 is 17.4 Å². The van der Waals surface area contributed by atoms with Crippen LogP contribution in [-0.4, -0.2) is 29.1 Å². The average molecular weight is 276 g/mol. The van der Waals surface area contributed by atoms with E-state index in [0.29, 0.717) is 18.5 Å². The van der Waals surface area contributed by atoms with Crippen molar-refractivity contribution < 1.29 is 14.7 Å². The van der Waals surface area contributed by atoms with Gasteiger partial charge in [0.25, 0.3) is 0 Å². The molecule has 3 N–H and O–H groups in total. The van der Waals surface area contributed by atoms with Gasteiger partial charge in [-0.25, -0.2) is 0 Å². The quantitative estimate of drug-likeness (QED) is 0.731. The Labute approximate surface area is 118 Å². The van der Waals surface area contributed by atoms with Gasteiger partial charge in [-0.15, -0.1) is 0 Å². The summed E-state index contributed by atoms with van der Waals surface area (Å²) < 4.78 is 0. The first-order chi connectivity index (χ1) is 9.59. The fraction of sp³-hybridized carbons (Fsp3) is 0.467. The van der Waals surface area contributed by atoms with Crippen molar-refractivity contribution in [3.8, 4) is 0 Å². The molecule has 20 heavy (non-hydrogen) atoms. The third-order valence-electron chi connectivity index (χ3n) is 3.60. The molecule has 0 saturated heterocycles. The molecule has 0 radical (unpaired) electrons. The van der Waals surface area contributed by atoms with Gasteiger partial charge in [-0.1, -0.05) is 37.5 Å². The Morgan fingerprint density at radius 3 is 2.35 bits per heavy atom. The molecule has 1 saturated carbocycles. The van der Waals surface area contributed by atoms with Crippen molar-refractivity contribution in [2.24, 2.45) is 0 Å². The highest BCUT2D eigenvalue weighted by Gasteiger charge is 2.30.